The molecule has 0 saturated carbocycles. The van der Waals surface area contributed by atoms with Crippen LogP contribution in [0, 0.1) is 13.8 Å². The maximum Gasteiger partial charge on any atom is 0.312 e. The van der Waals surface area contributed by atoms with E-state index in [0.29, 0.717) is 11.0 Å². The molecular formula is C14H16N2O6S. The van der Waals surface area contributed by atoms with E-state index in [1.165, 1.54) is 13.2 Å². The molecule has 1 aromatic heterocycles. The lowest BCUT2D eigenvalue weighted by molar-refractivity contribution is -0.134. The van der Waals surface area contributed by atoms with Gasteiger partial charge in [-0.1, -0.05) is 0 Å². The Morgan fingerprint density at radius 1 is 1.13 bits per heavy atom. The van der Waals surface area contributed by atoms with Gasteiger partial charge in [0.2, 0.25) is 0 Å². The first-order valence-corrected chi connectivity index (χ1v) is 8.29. The molecule has 1 aromatic carbocycles. The zero-order chi connectivity index (χ0) is 17.2. The molecule has 0 radical (unpaired) electrons. The van der Waals surface area contributed by atoms with Crippen LogP contribution in [-0.2, 0) is 14.9 Å². The van der Waals surface area contributed by atoms with Crippen LogP contribution in [0.5, 0.6) is 11.5 Å². The summed E-state index contributed by atoms with van der Waals surface area (Å²) in [5.74, 6) is -1.13. The normalized spacial score (nSPS) is 11.5. The molecule has 0 amide bonds. The third-order valence-corrected chi connectivity index (χ3v) is 3.87. The maximum absolute atomic E-state index is 11.7. The lowest BCUT2D eigenvalue weighted by Crippen LogP contribution is -2.15. The molecule has 9 heteroatoms. The first kappa shape index (κ1) is 17.1. The summed E-state index contributed by atoms with van der Waals surface area (Å²) < 4.78 is 40.2. The van der Waals surface area contributed by atoms with Crippen molar-refractivity contribution < 1.29 is 27.2 Å². The first-order valence-electron chi connectivity index (χ1n) is 6.68. The van der Waals surface area contributed by atoms with Gasteiger partial charge in [-0.15, -0.1) is 0 Å². The van der Waals surface area contributed by atoms with Crippen molar-refractivity contribution in [2.45, 2.75) is 20.3 Å². The highest BCUT2D eigenvalue weighted by Crippen LogP contribution is 2.31. The topological polar surface area (TPSA) is 116 Å². The Kier molecular flexibility index (Phi) is 4.81. The number of nitrogens with zero attached hydrogens (tertiary/aromatic N) is 2. The van der Waals surface area contributed by atoms with E-state index in [-0.39, 0.29) is 11.5 Å². The fourth-order valence-corrected chi connectivity index (χ4v) is 2.29. The molecule has 0 fully saturated rings. The Hall–Kier alpha value is -2.26. The van der Waals surface area contributed by atoms with Crippen LogP contribution in [0.2, 0.25) is 0 Å². The quantitative estimate of drug-likeness (QED) is 0.494. The van der Waals surface area contributed by atoms with Crippen LogP contribution >= 0.6 is 0 Å². The van der Waals surface area contributed by atoms with Crippen molar-refractivity contribution in [2.24, 2.45) is 0 Å². The van der Waals surface area contributed by atoms with Gasteiger partial charge in [-0.2, -0.15) is 8.42 Å². The lowest BCUT2D eigenvalue weighted by Gasteiger charge is -2.11. The summed E-state index contributed by atoms with van der Waals surface area (Å²) >= 11 is 0. The highest BCUT2D eigenvalue weighted by atomic mass is 32.2. The number of carbonyl (C=O) groups is 1. The number of fused-ring (bicyclic) bond motifs is 1. The van der Waals surface area contributed by atoms with E-state index in [2.05, 4.69) is 9.97 Å². The van der Waals surface area contributed by atoms with Gasteiger partial charge in [-0.05, 0) is 13.8 Å². The number of carbonyl (C=O) groups excluding carboxylic acids is 1. The van der Waals surface area contributed by atoms with Gasteiger partial charge in [0.15, 0.2) is 11.5 Å². The molecule has 1 heterocycles. The molecule has 23 heavy (non-hydrogen) atoms. The van der Waals surface area contributed by atoms with E-state index < -0.39 is 28.3 Å². The zero-order valence-corrected chi connectivity index (χ0v) is 13.7. The molecule has 1 N–H and O–H groups in total. The Balaban J connectivity index is 2.32. The summed E-state index contributed by atoms with van der Waals surface area (Å²) in [6.07, 6.45) is -0.474. The molecule has 0 aliphatic carbocycles. The second kappa shape index (κ2) is 6.47. The third kappa shape index (κ3) is 4.36. The van der Waals surface area contributed by atoms with E-state index in [1.54, 1.807) is 6.07 Å². The van der Waals surface area contributed by atoms with Crippen molar-refractivity contribution in [1.29, 1.82) is 0 Å². The van der Waals surface area contributed by atoms with Crippen molar-refractivity contribution in [3.05, 3.63) is 23.5 Å². The SMILES string of the molecule is COc1cc2nc(C)c(C)nc2cc1OC(=O)CCS(=O)(=O)O. The molecule has 0 unspecified atom stereocenters. The number of esters is 1. The highest BCUT2D eigenvalue weighted by Gasteiger charge is 2.16. The monoisotopic (exact) mass is 340 g/mol. The number of ether oxygens (including phenoxy) is 2. The number of hydrogen-bond acceptors (Lipinski definition) is 7. The van der Waals surface area contributed by atoms with E-state index >= 15 is 0 Å². The molecule has 0 saturated heterocycles. The van der Waals surface area contributed by atoms with Crippen LogP contribution in [0.15, 0.2) is 12.1 Å². The zero-order valence-electron chi connectivity index (χ0n) is 12.9. The lowest BCUT2D eigenvalue weighted by atomic mass is 10.2. The van der Waals surface area contributed by atoms with Crippen molar-refractivity contribution in [2.75, 3.05) is 12.9 Å². The van der Waals surface area contributed by atoms with Crippen molar-refractivity contribution in [3.63, 3.8) is 0 Å². The molecule has 0 spiro atoms. The van der Waals surface area contributed by atoms with Crippen LogP contribution in [0.25, 0.3) is 11.0 Å². The fourth-order valence-electron chi connectivity index (χ4n) is 1.87. The van der Waals surface area contributed by atoms with E-state index in [0.717, 1.165) is 11.4 Å². The van der Waals surface area contributed by atoms with Crippen molar-refractivity contribution >= 4 is 27.1 Å². The minimum absolute atomic E-state index is 0.109. The highest BCUT2D eigenvalue weighted by molar-refractivity contribution is 7.85. The van der Waals surface area contributed by atoms with Crippen LogP contribution in [0.4, 0.5) is 0 Å². The molecule has 2 rings (SSSR count). The van der Waals surface area contributed by atoms with E-state index in [9.17, 15) is 13.2 Å². The van der Waals surface area contributed by atoms with E-state index in [1.807, 2.05) is 13.8 Å². The van der Waals surface area contributed by atoms with Gasteiger partial charge in [0, 0.05) is 12.1 Å². The molecule has 2 aromatic rings. The predicted molar refractivity (Wildman–Crippen MR) is 82.2 cm³/mol. The van der Waals surface area contributed by atoms with Gasteiger partial charge < -0.3 is 9.47 Å². The standard InChI is InChI=1S/C14H16N2O6S/c1-8-9(2)16-11-7-13(12(21-3)6-10(11)15-8)22-14(17)4-5-23(18,19)20/h6-7H,4-5H2,1-3H3,(H,18,19,20). The van der Waals surface area contributed by atoms with Gasteiger partial charge in [0.05, 0.1) is 41.7 Å². The summed E-state index contributed by atoms with van der Waals surface area (Å²) in [6, 6.07) is 3.08. The van der Waals surface area contributed by atoms with Gasteiger partial charge in [0.25, 0.3) is 10.1 Å². The second-order valence-corrected chi connectivity index (χ2v) is 6.47. The van der Waals surface area contributed by atoms with Gasteiger partial charge in [0.1, 0.15) is 0 Å². The molecule has 0 bridgehead atoms. The molecule has 0 aliphatic heterocycles. The maximum atomic E-state index is 11.7. The molecule has 124 valence electrons. The summed E-state index contributed by atoms with van der Waals surface area (Å²) in [7, 11) is -2.82. The Morgan fingerprint density at radius 3 is 2.13 bits per heavy atom. The number of aryl methyl sites for hydroxylation is 2. The minimum Gasteiger partial charge on any atom is -0.493 e. The minimum atomic E-state index is -4.23. The fraction of sp³-hybridized carbons (Fsp3) is 0.357. The van der Waals surface area contributed by atoms with E-state index in [4.69, 9.17) is 14.0 Å². The molecule has 8 nitrogen and oxygen atoms in total. The van der Waals surface area contributed by atoms with Gasteiger partial charge in [-0.3, -0.25) is 9.35 Å². The summed E-state index contributed by atoms with van der Waals surface area (Å²) in [5, 5.41) is 0. The number of hydrogen-bond donors (Lipinski definition) is 1. The van der Waals surface area contributed by atoms with Gasteiger partial charge >= 0.3 is 5.97 Å². The van der Waals surface area contributed by atoms with Crippen LogP contribution < -0.4 is 9.47 Å². The summed E-state index contributed by atoms with van der Waals surface area (Å²) in [5.41, 5.74) is 2.62. The average Bonchev–Trinajstić information content (AvgIpc) is 2.45. The Bertz CT molecular complexity index is 863. The summed E-state index contributed by atoms with van der Waals surface area (Å²) in [4.78, 5) is 20.4. The van der Waals surface area contributed by atoms with Crippen LogP contribution in [0.3, 0.4) is 0 Å². The van der Waals surface area contributed by atoms with Crippen LogP contribution in [-0.4, -0.2) is 41.8 Å². The van der Waals surface area contributed by atoms with Gasteiger partial charge in [-0.25, -0.2) is 9.97 Å². The smallest absolute Gasteiger partial charge is 0.312 e. The van der Waals surface area contributed by atoms with Crippen LogP contribution in [0.1, 0.15) is 17.8 Å². The predicted octanol–water partition coefficient (Wildman–Crippen LogP) is 1.44. The Morgan fingerprint density at radius 2 is 1.65 bits per heavy atom. The third-order valence-electron chi connectivity index (χ3n) is 3.15. The molecular weight excluding hydrogens is 324 g/mol. The number of benzene rings is 1. The molecule has 0 aliphatic rings. The first-order chi connectivity index (χ1) is 10.7. The molecule has 0 atom stereocenters. The number of rotatable bonds is 5. The van der Waals surface area contributed by atoms with Crippen molar-refractivity contribution in [3.8, 4) is 11.5 Å². The largest absolute Gasteiger partial charge is 0.493 e. The average molecular weight is 340 g/mol. The second-order valence-electron chi connectivity index (χ2n) is 4.90. The van der Waals surface area contributed by atoms with Crippen molar-refractivity contribution in [1.82, 2.24) is 9.97 Å². The summed E-state index contributed by atoms with van der Waals surface area (Å²) in [6.45, 7) is 3.64. The number of aromatic nitrogens is 2. The Labute approximate surface area is 133 Å². The number of methoxy groups -OCH3 is 1.